The number of anilines is 1. The molecule has 1 heterocycles. The zero-order chi connectivity index (χ0) is 12.2. The number of nitrogens with one attached hydrogen (secondary N) is 1. The van der Waals surface area contributed by atoms with Crippen LogP contribution in [-0.4, -0.2) is 44.0 Å². The van der Waals surface area contributed by atoms with Crippen molar-refractivity contribution >= 4 is 15.7 Å². The van der Waals surface area contributed by atoms with Crippen molar-refractivity contribution in [1.82, 2.24) is 9.97 Å². The van der Waals surface area contributed by atoms with Crippen LogP contribution in [0.25, 0.3) is 0 Å². The molecular weight excluding hydrogens is 230 g/mol. The van der Waals surface area contributed by atoms with Gasteiger partial charge in [0.15, 0.2) is 0 Å². The number of aromatic nitrogens is 2. The van der Waals surface area contributed by atoms with Gasteiger partial charge in [-0.2, -0.15) is 0 Å². The fourth-order valence-corrected chi connectivity index (χ4v) is 1.65. The molecule has 16 heavy (non-hydrogen) atoms. The minimum absolute atomic E-state index is 0.0682. The van der Waals surface area contributed by atoms with Gasteiger partial charge in [-0.05, 0) is 6.92 Å². The Hall–Kier alpha value is -1.37. The average Bonchev–Trinajstić information content (AvgIpc) is 2.19. The predicted octanol–water partition coefficient (Wildman–Crippen LogP) is 0.250. The van der Waals surface area contributed by atoms with Crippen LogP contribution in [-0.2, 0) is 9.84 Å². The van der Waals surface area contributed by atoms with Crippen LogP contribution in [0.5, 0.6) is 5.88 Å². The van der Waals surface area contributed by atoms with Crippen molar-refractivity contribution < 1.29 is 13.2 Å². The minimum Gasteiger partial charge on any atom is -0.481 e. The van der Waals surface area contributed by atoms with E-state index in [0.717, 1.165) is 5.56 Å². The lowest BCUT2D eigenvalue weighted by Crippen LogP contribution is -2.15. The number of ether oxygens (including phenoxy) is 1. The van der Waals surface area contributed by atoms with Crippen molar-refractivity contribution in [2.45, 2.75) is 6.92 Å². The Morgan fingerprint density at radius 1 is 1.44 bits per heavy atom. The predicted molar refractivity (Wildman–Crippen MR) is 61.5 cm³/mol. The molecule has 7 heteroatoms. The van der Waals surface area contributed by atoms with E-state index >= 15 is 0 Å². The van der Waals surface area contributed by atoms with Gasteiger partial charge in [0.05, 0.1) is 18.4 Å². The first-order valence-electron chi connectivity index (χ1n) is 4.71. The van der Waals surface area contributed by atoms with E-state index < -0.39 is 9.84 Å². The highest BCUT2D eigenvalue weighted by Crippen LogP contribution is 2.19. The highest BCUT2D eigenvalue weighted by atomic mass is 32.2. The van der Waals surface area contributed by atoms with E-state index in [1.165, 1.54) is 19.7 Å². The number of methoxy groups -OCH3 is 1. The molecule has 1 rings (SSSR count). The molecular formula is C9H15N3O3S. The first-order chi connectivity index (χ1) is 7.44. The zero-order valence-electron chi connectivity index (χ0n) is 9.52. The normalized spacial score (nSPS) is 11.2. The Balaban J connectivity index is 2.68. The Labute approximate surface area is 95.0 Å². The Morgan fingerprint density at radius 2 is 2.12 bits per heavy atom. The SMILES string of the molecule is COc1ncnc(NCCS(C)(=O)=O)c1C. The Bertz CT molecular complexity index is 459. The van der Waals surface area contributed by atoms with E-state index in [1.54, 1.807) is 0 Å². The fraction of sp³-hybridized carbons (Fsp3) is 0.556. The maximum Gasteiger partial charge on any atom is 0.221 e. The molecule has 0 aromatic carbocycles. The van der Waals surface area contributed by atoms with Gasteiger partial charge in [-0.1, -0.05) is 0 Å². The summed E-state index contributed by atoms with van der Waals surface area (Å²) in [6.45, 7) is 2.13. The quantitative estimate of drug-likeness (QED) is 0.801. The molecule has 0 spiro atoms. The summed E-state index contributed by atoms with van der Waals surface area (Å²) in [6, 6.07) is 0. The molecule has 0 unspecified atom stereocenters. The lowest BCUT2D eigenvalue weighted by Gasteiger charge is -2.09. The van der Waals surface area contributed by atoms with Gasteiger partial charge in [0.1, 0.15) is 22.0 Å². The second kappa shape index (κ2) is 5.11. The summed E-state index contributed by atoms with van der Waals surface area (Å²) >= 11 is 0. The van der Waals surface area contributed by atoms with Crippen LogP contribution in [0.15, 0.2) is 6.33 Å². The fourth-order valence-electron chi connectivity index (χ4n) is 1.17. The van der Waals surface area contributed by atoms with E-state index in [1.807, 2.05) is 6.92 Å². The van der Waals surface area contributed by atoms with Crippen LogP contribution in [0, 0.1) is 6.92 Å². The van der Waals surface area contributed by atoms with Gasteiger partial charge in [0.25, 0.3) is 0 Å². The second-order valence-corrected chi connectivity index (χ2v) is 5.67. The third-order valence-electron chi connectivity index (χ3n) is 2.00. The molecule has 90 valence electrons. The lowest BCUT2D eigenvalue weighted by molar-refractivity contribution is 0.393. The molecule has 0 fully saturated rings. The lowest BCUT2D eigenvalue weighted by atomic mass is 10.3. The summed E-state index contributed by atoms with van der Waals surface area (Å²) in [5, 5.41) is 2.93. The van der Waals surface area contributed by atoms with Gasteiger partial charge < -0.3 is 10.1 Å². The van der Waals surface area contributed by atoms with Crippen molar-refractivity contribution in [2.24, 2.45) is 0 Å². The third-order valence-corrected chi connectivity index (χ3v) is 2.94. The molecule has 0 saturated carbocycles. The maximum absolute atomic E-state index is 10.9. The number of sulfone groups is 1. The van der Waals surface area contributed by atoms with E-state index in [4.69, 9.17) is 4.74 Å². The van der Waals surface area contributed by atoms with Crippen LogP contribution in [0.2, 0.25) is 0 Å². The number of hydrogen-bond acceptors (Lipinski definition) is 6. The molecule has 0 aliphatic heterocycles. The number of hydrogen-bond donors (Lipinski definition) is 1. The van der Waals surface area contributed by atoms with Crippen molar-refractivity contribution in [3.8, 4) is 5.88 Å². The summed E-state index contributed by atoms with van der Waals surface area (Å²) in [6.07, 6.45) is 2.57. The Kier molecular flexibility index (Phi) is 4.05. The van der Waals surface area contributed by atoms with Crippen LogP contribution < -0.4 is 10.1 Å². The first-order valence-corrected chi connectivity index (χ1v) is 6.77. The van der Waals surface area contributed by atoms with Crippen LogP contribution in [0.4, 0.5) is 5.82 Å². The summed E-state index contributed by atoms with van der Waals surface area (Å²) in [4.78, 5) is 7.93. The van der Waals surface area contributed by atoms with Crippen LogP contribution in [0.3, 0.4) is 0 Å². The monoisotopic (exact) mass is 245 g/mol. The molecule has 0 atom stereocenters. The van der Waals surface area contributed by atoms with E-state index in [2.05, 4.69) is 15.3 Å². The summed E-state index contributed by atoms with van der Waals surface area (Å²) in [7, 11) is -1.44. The molecule has 0 aliphatic rings. The van der Waals surface area contributed by atoms with Gasteiger partial charge in [0.2, 0.25) is 5.88 Å². The number of nitrogens with zero attached hydrogens (tertiary/aromatic N) is 2. The molecule has 0 saturated heterocycles. The standard InChI is InChI=1S/C9H15N3O3S/c1-7-8(10-4-5-16(3,13)14)11-6-12-9(7)15-2/h6H,4-5H2,1-3H3,(H,10,11,12). The van der Waals surface area contributed by atoms with Crippen molar-refractivity contribution in [3.63, 3.8) is 0 Å². The summed E-state index contributed by atoms with van der Waals surface area (Å²) in [5.74, 6) is 1.14. The molecule has 0 amide bonds. The van der Waals surface area contributed by atoms with Gasteiger partial charge in [-0.15, -0.1) is 0 Å². The number of rotatable bonds is 5. The molecule has 1 aromatic heterocycles. The highest BCUT2D eigenvalue weighted by molar-refractivity contribution is 7.90. The van der Waals surface area contributed by atoms with Crippen LogP contribution >= 0.6 is 0 Å². The van der Waals surface area contributed by atoms with Gasteiger partial charge in [0, 0.05) is 12.8 Å². The molecule has 6 nitrogen and oxygen atoms in total. The molecule has 0 aliphatic carbocycles. The summed E-state index contributed by atoms with van der Waals surface area (Å²) < 4.78 is 26.9. The average molecular weight is 245 g/mol. The van der Waals surface area contributed by atoms with Gasteiger partial charge in [-0.25, -0.2) is 18.4 Å². The summed E-state index contributed by atoms with van der Waals surface area (Å²) in [5.41, 5.74) is 0.763. The van der Waals surface area contributed by atoms with Gasteiger partial charge in [-0.3, -0.25) is 0 Å². The smallest absolute Gasteiger partial charge is 0.221 e. The van der Waals surface area contributed by atoms with E-state index in [9.17, 15) is 8.42 Å². The first kappa shape index (κ1) is 12.7. The molecule has 1 N–H and O–H groups in total. The van der Waals surface area contributed by atoms with Crippen LogP contribution in [0.1, 0.15) is 5.56 Å². The molecule has 1 aromatic rings. The molecule has 0 radical (unpaired) electrons. The zero-order valence-corrected chi connectivity index (χ0v) is 10.3. The maximum atomic E-state index is 10.9. The largest absolute Gasteiger partial charge is 0.481 e. The van der Waals surface area contributed by atoms with Crippen molar-refractivity contribution in [3.05, 3.63) is 11.9 Å². The Morgan fingerprint density at radius 3 is 2.69 bits per heavy atom. The topological polar surface area (TPSA) is 81.2 Å². The van der Waals surface area contributed by atoms with Crippen molar-refractivity contribution in [2.75, 3.05) is 31.0 Å². The highest BCUT2D eigenvalue weighted by Gasteiger charge is 2.07. The van der Waals surface area contributed by atoms with E-state index in [-0.39, 0.29) is 5.75 Å². The van der Waals surface area contributed by atoms with Gasteiger partial charge >= 0.3 is 0 Å². The second-order valence-electron chi connectivity index (χ2n) is 3.41. The third kappa shape index (κ3) is 3.65. The van der Waals surface area contributed by atoms with E-state index in [0.29, 0.717) is 18.2 Å². The minimum atomic E-state index is -2.96. The van der Waals surface area contributed by atoms with Crippen molar-refractivity contribution in [1.29, 1.82) is 0 Å². The molecule has 0 bridgehead atoms.